The molecule has 0 unspecified atom stereocenters. The van der Waals surface area contributed by atoms with Crippen molar-refractivity contribution in [3.63, 3.8) is 0 Å². The Balaban J connectivity index is 4.67. The van der Waals surface area contributed by atoms with Gasteiger partial charge in [-0.3, -0.25) is 4.99 Å². The minimum Gasteiger partial charge on any atom is -0.293 e. The van der Waals surface area contributed by atoms with Gasteiger partial charge in [0, 0.05) is 12.8 Å². The van der Waals surface area contributed by atoms with Crippen LogP contribution in [0.5, 0.6) is 0 Å². The molecule has 0 atom stereocenters. The lowest BCUT2D eigenvalue weighted by Crippen LogP contribution is -2.01. The van der Waals surface area contributed by atoms with E-state index in [-0.39, 0.29) is 0 Å². The van der Waals surface area contributed by atoms with Crippen LogP contribution < -0.4 is 0 Å². The standard InChI is InChI=1S/C10H19N/c1-7(2)8(3)9(4)10(5)11-6/h7H,1-6H3/b9-8+,11-10?. The lowest BCUT2D eigenvalue weighted by molar-refractivity contribution is 0.762. The van der Waals surface area contributed by atoms with Crippen molar-refractivity contribution in [3.05, 3.63) is 11.1 Å². The van der Waals surface area contributed by atoms with Crippen molar-refractivity contribution in [1.82, 2.24) is 0 Å². The van der Waals surface area contributed by atoms with E-state index in [1.807, 2.05) is 7.05 Å². The van der Waals surface area contributed by atoms with Crippen LogP contribution in [0, 0.1) is 5.92 Å². The molecule has 11 heavy (non-hydrogen) atoms. The Morgan fingerprint density at radius 1 is 1.09 bits per heavy atom. The van der Waals surface area contributed by atoms with E-state index in [0.717, 1.165) is 5.71 Å². The van der Waals surface area contributed by atoms with Gasteiger partial charge in [-0.1, -0.05) is 19.4 Å². The first-order valence-corrected chi connectivity index (χ1v) is 4.11. The lowest BCUT2D eigenvalue weighted by atomic mass is 9.97. The summed E-state index contributed by atoms with van der Waals surface area (Å²) in [5.74, 6) is 0.631. The topological polar surface area (TPSA) is 12.4 Å². The fourth-order valence-electron chi connectivity index (χ4n) is 0.886. The minimum atomic E-state index is 0.631. The van der Waals surface area contributed by atoms with Crippen LogP contribution >= 0.6 is 0 Å². The summed E-state index contributed by atoms with van der Waals surface area (Å²) in [5, 5.41) is 0. The molecule has 0 saturated heterocycles. The van der Waals surface area contributed by atoms with Gasteiger partial charge in [0.15, 0.2) is 0 Å². The maximum absolute atomic E-state index is 4.15. The summed E-state index contributed by atoms with van der Waals surface area (Å²) in [5.41, 5.74) is 3.92. The molecule has 0 aromatic heterocycles. The maximum atomic E-state index is 4.15. The van der Waals surface area contributed by atoms with Crippen LogP contribution in [0.1, 0.15) is 34.6 Å². The van der Waals surface area contributed by atoms with Gasteiger partial charge < -0.3 is 0 Å². The first-order valence-electron chi connectivity index (χ1n) is 4.11. The summed E-state index contributed by atoms with van der Waals surface area (Å²) in [4.78, 5) is 4.15. The summed E-state index contributed by atoms with van der Waals surface area (Å²) in [6.45, 7) is 10.8. The van der Waals surface area contributed by atoms with E-state index >= 15 is 0 Å². The second-order valence-corrected chi connectivity index (χ2v) is 3.27. The molecule has 0 N–H and O–H groups in total. The van der Waals surface area contributed by atoms with Crippen molar-refractivity contribution in [3.8, 4) is 0 Å². The van der Waals surface area contributed by atoms with Gasteiger partial charge in [-0.2, -0.15) is 0 Å². The van der Waals surface area contributed by atoms with Crippen molar-refractivity contribution in [1.29, 1.82) is 0 Å². The molecule has 1 nitrogen and oxygen atoms in total. The predicted octanol–water partition coefficient (Wildman–Crippen LogP) is 3.07. The molecule has 0 aromatic carbocycles. The van der Waals surface area contributed by atoms with Crippen molar-refractivity contribution in [2.75, 3.05) is 7.05 Å². The normalized spacial score (nSPS) is 15.4. The SMILES string of the molecule is CN=C(C)/C(C)=C(\C)C(C)C. The van der Waals surface area contributed by atoms with Gasteiger partial charge in [0.2, 0.25) is 0 Å². The molecule has 0 spiro atoms. The highest BCUT2D eigenvalue weighted by Gasteiger charge is 2.02. The summed E-state index contributed by atoms with van der Waals surface area (Å²) in [6.07, 6.45) is 0. The lowest BCUT2D eigenvalue weighted by Gasteiger charge is -2.10. The van der Waals surface area contributed by atoms with Gasteiger partial charge in [-0.15, -0.1) is 0 Å². The van der Waals surface area contributed by atoms with Crippen LogP contribution in [0.4, 0.5) is 0 Å². The molecule has 0 bridgehead atoms. The molecule has 0 aliphatic heterocycles. The zero-order valence-electron chi connectivity index (χ0n) is 8.52. The Kier molecular flexibility index (Phi) is 4.09. The van der Waals surface area contributed by atoms with Gasteiger partial charge in [-0.05, 0) is 32.3 Å². The van der Waals surface area contributed by atoms with E-state index < -0.39 is 0 Å². The highest BCUT2D eigenvalue weighted by Crippen LogP contribution is 2.14. The molecule has 64 valence electrons. The number of allylic oxidation sites excluding steroid dienone is 2. The fraction of sp³-hybridized carbons (Fsp3) is 0.700. The van der Waals surface area contributed by atoms with Gasteiger partial charge >= 0.3 is 0 Å². The molecule has 0 aromatic rings. The third-order valence-corrected chi connectivity index (χ3v) is 2.34. The van der Waals surface area contributed by atoms with E-state index in [0.29, 0.717) is 5.92 Å². The number of aliphatic imine (C=N–C) groups is 1. The van der Waals surface area contributed by atoms with E-state index in [9.17, 15) is 0 Å². The molecule has 0 fully saturated rings. The highest BCUT2D eigenvalue weighted by molar-refractivity contribution is 5.98. The quantitative estimate of drug-likeness (QED) is 0.541. The van der Waals surface area contributed by atoms with E-state index in [1.54, 1.807) is 0 Å². The molecule has 0 rings (SSSR count). The monoisotopic (exact) mass is 153 g/mol. The minimum absolute atomic E-state index is 0.631. The molecule has 0 heterocycles. The first kappa shape index (κ1) is 10.4. The Morgan fingerprint density at radius 3 is 1.82 bits per heavy atom. The fourth-order valence-corrected chi connectivity index (χ4v) is 0.886. The maximum Gasteiger partial charge on any atom is 0.0342 e. The Morgan fingerprint density at radius 2 is 1.55 bits per heavy atom. The molecule has 0 aliphatic carbocycles. The summed E-state index contributed by atoms with van der Waals surface area (Å²) >= 11 is 0. The molecule has 0 radical (unpaired) electrons. The van der Waals surface area contributed by atoms with Crippen molar-refractivity contribution < 1.29 is 0 Å². The zero-order valence-corrected chi connectivity index (χ0v) is 8.52. The summed E-state index contributed by atoms with van der Waals surface area (Å²) in [7, 11) is 1.84. The number of rotatable bonds is 2. The van der Waals surface area contributed by atoms with Crippen molar-refractivity contribution in [2.45, 2.75) is 34.6 Å². The van der Waals surface area contributed by atoms with Crippen LogP contribution in [0.3, 0.4) is 0 Å². The summed E-state index contributed by atoms with van der Waals surface area (Å²) < 4.78 is 0. The summed E-state index contributed by atoms with van der Waals surface area (Å²) in [6, 6.07) is 0. The number of nitrogens with zero attached hydrogens (tertiary/aromatic N) is 1. The zero-order chi connectivity index (χ0) is 9.02. The number of hydrogen-bond donors (Lipinski definition) is 0. The molecular formula is C10H19N. The molecular weight excluding hydrogens is 134 g/mol. The van der Waals surface area contributed by atoms with E-state index in [4.69, 9.17) is 0 Å². The third-order valence-electron chi connectivity index (χ3n) is 2.34. The van der Waals surface area contributed by atoms with Gasteiger partial charge in [0.05, 0.1) is 0 Å². The Bertz CT molecular complexity index is 185. The van der Waals surface area contributed by atoms with Crippen molar-refractivity contribution in [2.24, 2.45) is 10.9 Å². The van der Waals surface area contributed by atoms with E-state index in [1.165, 1.54) is 11.1 Å². The first-order chi connectivity index (χ1) is 5.00. The predicted molar refractivity (Wildman–Crippen MR) is 52.2 cm³/mol. The second kappa shape index (κ2) is 4.32. The van der Waals surface area contributed by atoms with Gasteiger partial charge in [0.1, 0.15) is 0 Å². The highest BCUT2D eigenvalue weighted by atomic mass is 14.7. The molecule has 1 heteroatoms. The van der Waals surface area contributed by atoms with Crippen LogP contribution in [-0.2, 0) is 0 Å². The Hall–Kier alpha value is -0.590. The molecule has 0 saturated carbocycles. The molecule has 0 aliphatic rings. The molecule has 0 amide bonds. The van der Waals surface area contributed by atoms with Crippen LogP contribution in [-0.4, -0.2) is 12.8 Å². The Labute approximate surface area is 70.2 Å². The smallest absolute Gasteiger partial charge is 0.0342 e. The van der Waals surface area contributed by atoms with Gasteiger partial charge in [-0.25, -0.2) is 0 Å². The van der Waals surface area contributed by atoms with E-state index in [2.05, 4.69) is 39.6 Å². The van der Waals surface area contributed by atoms with Crippen LogP contribution in [0.15, 0.2) is 16.1 Å². The van der Waals surface area contributed by atoms with Crippen LogP contribution in [0.2, 0.25) is 0 Å². The average molecular weight is 153 g/mol. The van der Waals surface area contributed by atoms with Crippen molar-refractivity contribution >= 4 is 5.71 Å². The average Bonchev–Trinajstić information content (AvgIpc) is 2.00. The number of hydrogen-bond acceptors (Lipinski definition) is 1. The third kappa shape index (κ3) is 2.87. The van der Waals surface area contributed by atoms with Crippen LogP contribution in [0.25, 0.3) is 0 Å². The second-order valence-electron chi connectivity index (χ2n) is 3.27. The largest absolute Gasteiger partial charge is 0.293 e. The van der Waals surface area contributed by atoms with Gasteiger partial charge in [0.25, 0.3) is 0 Å².